The average Bonchev–Trinajstić information content (AvgIpc) is 2.67. The molecule has 5 heteroatoms. The second-order valence-corrected chi connectivity index (χ2v) is 11.8. The molecule has 0 aromatic heterocycles. The molecule has 0 aliphatic carbocycles. The molecule has 0 spiro atoms. The summed E-state index contributed by atoms with van der Waals surface area (Å²) in [4.78, 5) is 0. The topological polar surface area (TPSA) is 27.7 Å². The van der Waals surface area contributed by atoms with Crippen LogP contribution in [-0.4, -0.2) is 33.2 Å². The fraction of sp³-hybridized carbons (Fsp3) is 0.667. The fourth-order valence-corrected chi connectivity index (χ4v) is 4.56. The Morgan fingerprint density at radius 2 is 1.52 bits per heavy atom. The van der Waals surface area contributed by atoms with Gasteiger partial charge in [-0.25, -0.2) is 0 Å². The van der Waals surface area contributed by atoms with Crippen LogP contribution in [0.25, 0.3) is 0 Å². The maximum atomic E-state index is 6.22. The number of rotatable bonds is 7. The van der Waals surface area contributed by atoms with Gasteiger partial charge in [0, 0.05) is 6.61 Å². The highest BCUT2D eigenvalue weighted by molar-refractivity contribution is 6.84. The molecule has 1 aromatic rings. The van der Waals surface area contributed by atoms with Gasteiger partial charge in [-0.05, 0) is 58.7 Å². The summed E-state index contributed by atoms with van der Waals surface area (Å²) >= 11 is 0. The lowest BCUT2D eigenvalue weighted by Gasteiger charge is -2.32. The van der Waals surface area contributed by atoms with E-state index in [0.717, 1.165) is 25.8 Å². The van der Waals surface area contributed by atoms with Gasteiger partial charge in [0.2, 0.25) is 8.32 Å². The summed E-state index contributed by atoms with van der Waals surface area (Å²) in [5.41, 5.74) is -0.452. The van der Waals surface area contributed by atoms with Gasteiger partial charge in [0.15, 0.2) is 0 Å². The van der Waals surface area contributed by atoms with Crippen molar-refractivity contribution in [3.63, 3.8) is 0 Å². The summed E-state index contributed by atoms with van der Waals surface area (Å²) < 4.78 is 18.3. The van der Waals surface area contributed by atoms with E-state index in [2.05, 4.69) is 71.1 Å². The van der Waals surface area contributed by atoms with Crippen LogP contribution in [0.15, 0.2) is 30.3 Å². The lowest BCUT2D eigenvalue weighted by molar-refractivity contribution is 0.00578. The Bertz CT molecular complexity index is 486. The lowest BCUT2D eigenvalue weighted by atomic mass is 9.82. The van der Waals surface area contributed by atoms with Crippen molar-refractivity contribution in [1.29, 1.82) is 0 Å². The van der Waals surface area contributed by atoms with E-state index in [1.54, 1.807) is 0 Å². The molecule has 23 heavy (non-hydrogen) atoms. The van der Waals surface area contributed by atoms with Gasteiger partial charge in [0.05, 0.1) is 11.2 Å². The third-order valence-corrected chi connectivity index (χ3v) is 7.72. The highest BCUT2D eigenvalue weighted by Crippen LogP contribution is 2.38. The van der Waals surface area contributed by atoms with E-state index in [1.165, 1.54) is 5.19 Å². The van der Waals surface area contributed by atoms with E-state index in [-0.39, 0.29) is 18.3 Å². The Labute approximate surface area is 143 Å². The van der Waals surface area contributed by atoms with Crippen molar-refractivity contribution >= 4 is 20.6 Å². The highest BCUT2D eigenvalue weighted by atomic mass is 28.4. The molecule has 0 bridgehead atoms. The fourth-order valence-electron chi connectivity index (χ4n) is 2.75. The first-order valence-electron chi connectivity index (χ1n) is 8.69. The van der Waals surface area contributed by atoms with Crippen LogP contribution in [0.4, 0.5) is 0 Å². The van der Waals surface area contributed by atoms with E-state index >= 15 is 0 Å². The van der Waals surface area contributed by atoms with Crippen LogP contribution < -0.4 is 5.19 Å². The predicted molar refractivity (Wildman–Crippen MR) is 99.6 cm³/mol. The summed E-state index contributed by atoms with van der Waals surface area (Å²) in [6, 6.07) is 10.6. The van der Waals surface area contributed by atoms with Crippen molar-refractivity contribution in [3.05, 3.63) is 30.3 Å². The largest absolute Gasteiger partial charge is 0.457 e. The van der Waals surface area contributed by atoms with Gasteiger partial charge >= 0.3 is 7.12 Å². The van der Waals surface area contributed by atoms with E-state index < -0.39 is 8.32 Å². The van der Waals surface area contributed by atoms with Crippen molar-refractivity contribution < 1.29 is 13.7 Å². The van der Waals surface area contributed by atoms with Crippen LogP contribution in [0.5, 0.6) is 0 Å². The van der Waals surface area contributed by atoms with Crippen molar-refractivity contribution in [2.45, 2.75) is 71.2 Å². The lowest BCUT2D eigenvalue weighted by Crippen LogP contribution is -2.44. The van der Waals surface area contributed by atoms with Crippen molar-refractivity contribution in [2.75, 3.05) is 6.61 Å². The van der Waals surface area contributed by atoms with Crippen LogP contribution in [0, 0.1) is 0 Å². The molecular formula is C18H31BO3Si. The van der Waals surface area contributed by atoms with Gasteiger partial charge in [-0.1, -0.05) is 36.8 Å². The highest BCUT2D eigenvalue weighted by Gasteiger charge is 2.50. The quantitative estimate of drug-likeness (QED) is 0.557. The van der Waals surface area contributed by atoms with E-state index in [0.29, 0.717) is 0 Å². The molecule has 1 aliphatic heterocycles. The summed E-state index contributed by atoms with van der Waals surface area (Å²) in [5.74, 6) is 0. The zero-order chi connectivity index (χ0) is 17.1. The molecule has 128 valence electrons. The third-order valence-electron chi connectivity index (χ3n) is 5.07. The zero-order valence-corrected chi connectivity index (χ0v) is 16.5. The molecule has 3 nitrogen and oxygen atoms in total. The number of hydrogen-bond donors (Lipinski definition) is 0. The van der Waals surface area contributed by atoms with E-state index in [9.17, 15) is 0 Å². The molecule has 1 saturated heterocycles. The zero-order valence-electron chi connectivity index (χ0n) is 15.5. The third kappa shape index (κ3) is 4.69. The number of unbranched alkanes of at least 4 members (excludes halogenated alkanes) is 1. The molecule has 0 radical (unpaired) electrons. The minimum atomic E-state index is -1.77. The molecule has 1 fully saturated rings. The molecule has 2 rings (SSSR count). The minimum Gasteiger partial charge on any atom is -0.413 e. The summed E-state index contributed by atoms with van der Waals surface area (Å²) in [5, 5.41) is 1.35. The van der Waals surface area contributed by atoms with Crippen LogP contribution >= 0.6 is 0 Å². The summed E-state index contributed by atoms with van der Waals surface area (Å²) in [7, 11) is -1.85. The molecular weight excluding hydrogens is 303 g/mol. The second kappa shape index (κ2) is 7.10. The van der Waals surface area contributed by atoms with Gasteiger partial charge in [-0.15, -0.1) is 0 Å². The minimum absolute atomic E-state index is 0.0839. The van der Waals surface area contributed by atoms with Crippen LogP contribution in [0.1, 0.15) is 40.5 Å². The molecule has 0 N–H and O–H groups in total. The first-order valence-corrected chi connectivity index (χ1v) is 11.6. The summed E-state index contributed by atoms with van der Waals surface area (Å²) in [6.45, 7) is 13.7. The van der Waals surface area contributed by atoms with Gasteiger partial charge < -0.3 is 13.7 Å². The molecule has 0 unspecified atom stereocenters. The Hall–Kier alpha value is -0.618. The molecule has 0 atom stereocenters. The Balaban J connectivity index is 1.69. The van der Waals surface area contributed by atoms with Crippen LogP contribution in [0.2, 0.25) is 19.4 Å². The van der Waals surface area contributed by atoms with Gasteiger partial charge in [-0.3, -0.25) is 0 Å². The van der Waals surface area contributed by atoms with Crippen molar-refractivity contribution in [3.8, 4) is 0 Å². The predicted octanol–water partition coefficient (Wildman–Crippen LogP) is 3.99. The van der Waals surface area contributed by atoms with Gasteiger partial charge in [0.25, 0.3) is 0 Å². The van der Waals surface area contributed by atoms with E-state index in [1.807, 2.05) is 0 Å². The molecule has 1 aliphatic rings. The summed E-state index contributed by atoms with van der Waals surface area (Å²) in [6.07, 6.45) is 3.05. The molecule has 1 aromatic carbocycles. The monoisotopic (exact) mass is 334 g/mol. The second-order valence-electron chi connectivity index (χ2n) is 7.91. The average molecular weight is 334 g/mol. The number of benzene rings is 1. The van der Waals surface area contributed by atoms with Gasteiger partial charge in [0.1, 0.15) is 0 Å². The maximum Gasteiger partial charge on any atom is 0.457 e. The smallest absolute Gasteiger partial charge is 0.413 e. The molecule has 0 amide bonds. The SMILES string of the molecule is CC1(C)OB(CCCCO[Si](C)(C)c2ccccc2)OC1(C)C. The van der Waals surface area contributed by atoms with E-state index in [4.69, 9.17) is 13.7 Å². The maximum absolute atomic E-state index is 6.22. The van der Waals surface area contributed by atoms with Crippen LogP contribution in [-0.2, 0) is 13.7 Å². The molecule has 1 heterocycles. The Kier molecular flexibility index (Phi) is 5.77. The first-order chi connectivity index (χ1) is 10.6. The normalized spacial score (nSPS) is 20.0. The standard InChI is InChI=1S/C18H31BO3Si/c1-17(2)18(3,4)22-19(21-17)14-10-11-15-20-23(5,6)16-12-8-7-9-13-16/h7-9,12-13H,10-11,14-15H2,1-6H3. The van der Waals surface area contributed by atoms with Crippen molar-refractivity contribution in [1.82, 2.24) is 0 Å². The first kappa shape index (κ1) is 18.7. The van der Waals surface area contributed by atoms with Crippen LogP contribution in [0.3, 0.4) is 0 Å². The molecule has 0 saturated carbocycles. The Morgan fingerprint density at radius 3 is 2.09 bits per heavy atom. The number of hydrogen-bond acceptors (Lipinski definition) is 3. The van der Waals surface area contributed by atoms with Gasteiger partial charge in [-0.2, -0.15) is 0 Å². The Morgan fingerprint density at radius 1 is 0.957 bits per heavy atom. The van der Waals surface area contributed by atoms with Crippen molar-refractivity contribution in [2.24, 2.45) is 0 Å².